The van der Waals surface area contributed by atoms with Crippen molar-refractivity contribution in [3.8, 4) is 11.4 Å². The maximum Gasteiger partial charge on any atom is 0.186 e. The molecule has 0 atom stereocenters. The molecular formula is C16H15N3O2. The fourth-order valence-corrected chi connectivity index (χ4v) is 2.62. The van der Waals surface area contributed by atoms with Crippen LogP contribution >= 0.6 is 0 Å². The molecule has 1 saturated heterocycles. The number of nitrogen functional groups attached to an aromatic ring is 1. The minimum Gasteiger partial charge on any atom is -0.398 e. The van der Waals surface area contributed by atoms with Crippen LogP contribution in [0.25, 0.3) is 22.4 Å². The summed E-state index contributed by atoms with van der Waals surface area (Å²) >= 11 is 0. The first-order valence-corrected chi connectivity index (χ1v) is 6.89. The number of benzene rings is 2. The van der Waals surface area contributed by atoms with Crippen molar-refractivity contribution in [2.45, 2.75) is 6.29 Å². The van der Waals surface area contributed by atoms with Gasteiger partial charge in [0.25, 0.3) is 0 Å². The SMILES string of the molecule is Nc1ccccc1-c1nc2c(C3OCCO3)cccc2[nH]1. The second-order valence-corrected chi connectivity index (χ2v) is 4.99. The number of nitrogens with one attached hydrogen (secondary N) is 1. The van der Waals surface area contributed by atoms with Gasteiger partial charge in [-0.1, -0.05) is 24.3 Å². The van der Waals surface area contributed by atoms with Crippen LogP contribution in [0.1, 0.15) is 11.9 Å². The predicted octanol–water partition coefficient (Wildman–Crippen LogP) is 2.86. The molecule has 1 aliphatic heterocycles. The Bertz CT molecular complexity index is 791. The van der Waals surface area contributed by atoms with Gasteiger partial charge in [0.05, 0.1) is 24.2 Å². The van der Waals surface area contributed by atoms with E-state index in [-0.39, 0.29) is 6.29 Å². The summed E-state index contributed by atoms with van der Waals surface area (Å²) in [7, 11) is 0. The van der Waals surface area contributed by atoms with Gasteiger partial charge in [-0.2, -0.15) is 0 Å². The van der Waals surface area contributed by atoms with Crippen molar-refractivity contribution in [1.29, 1.82) is 0 Å². The molecule has 21 heavy (non-hydrogen) atoms. The van der Waals surface area contributed by atoms with E-state index in [0.29, 0.717) is 18.9 Å². The summed E-state index contributed by atoms with van der Waals surface area (Å²) in [5.41, 5.74) is 10.4. The number of hydrogen-bond donors (Lipinski definition) is 2. The molecule has 0 saturated carbocycles. The lowest BCUT2D eigenvalue weighted by molar-refractivity contribution is -0.0431. The molecule has 5 heteroatoms. The van der Waals surface area contributed by atoms with Crippen molar-refractivity contribution < 1.29 is 9.47 Å². The van der Waals surface area contributed by atoms with E-state index in [2.05, 4.69) is 4.98 Å². The van der Waals surface area contributed by atoms with Crippen LogP contribution in [0.5, 0.6) is 0 Å². The summed E-state index contributed by atoms with van der Waals surface area (Å²) in [5.74, 6) is 0.758. The van der Waals surface area contributed by atoms with E-state index in [1.807, 2.05) is 42.5 Å². The molecular weight excluding hydrogens is 266 g/mol. The van der Waals surface area contributed by atoms with Crippen molar-refractivity contribution in [2.75, 3.05) is 18.9 Å². The zero-order valence-corrected chi connectivity index (χ0v) is 11.4. The first kappa shape index (κ1) is 12.4. The first-order valence-electron chi connectivity index (χ1n) is 6.89. The molecule has 0 amide bonds. The number of imidazole rings is 1. The van der Waals surface area contributed by atoms with Crippen LogP contribution < -0.4 is 5.73 Å². The second-order valence-electron chi connectivity index (χ2n) is 4.99. The minimum atomic E-state index is -0.335. The Hall–Kier alpha value is -2.37. The number of aromatic amines is 1. The molecule has 1 aromatic heterocycles. The Morgan fingerprint density at radius 2 is 1.86 bits per heavy atom. The normalized spacial score (nSPS) is 15.8. The van der Waals surface area contributed by atoms with Gasteiger partial charge in [-0.3, -0.25) is 0 Å². The highest BCUT2D eigenvalue weighted by Crippen LogP contribution is 2.31. The van der Waals surface area contributed by atoms with E-state index < -0.39 is 0 Å². The van der Waals surface area contributed by atoms with Crippen molar-refractivity contribution in [1.82, 2.24) is 9.97 Å². The lowest BCUT2D eigenvalue weighted by Gasteiger charge is -2.09. The third kappa shape index (κ3) is 2.07. The van der Waals surface area contributed by atoms with Gasteiger partial charge in [0.1, 0.15) is 5.82 Å². The Balaban J connectivity index is 1.86. The van der Waals surface area contributed by atoms with Gasteiger partial charge < -0.3 is 20.2 Å². The standard InChI is InChI=1S/C16H15N3O2/c17-12-6-2-1-4-10(12)15-18-13-7-3-5-11(14(13)19-15)16-20-8-9-21-16/h1-7,16H,8-9,17H2,(H,18,19). The lowest BCUT2D eigenvalue weighted by Crippen LogP contribution is -1.98. The molecule has 2 aromatic carbocycles. The number of nitrogens with two attached hydrogens (primary N) is 1. The number of ether oxygens (including phenoxy) is 2. The van der Waals surface area contributed by atoms with Crippen LogP contribution in [-0.4, -0.2) is 23.2 Å². The monoisotopic (exact) mass is 281 g/mol. The number of para-hydroxylation sites is 2. The topological polar surface area (TPSA) is 73.2 Å². The van der Waals surface area contributed by atoms with Gasteiger partial charge in [0.2, 0.25) is 0 Å². The largest absolute Gasteiger partial charge is 0.398 e. The number of rotatable bonds is 2. The molecule has 2 heterocycles. The molecule has 0 aliphatic carbocycles. The zero-order valence-electron chi connectivity index (χ0n) is 11.4. The minimum absolute atomic E-state index is 0.335. The third-order valence-electron chi connectivity index (χ3n) is 3.64. The first-order chi connectivity index (χ1) is 10.3. The van der Waals surface area contributed by atoms with Gasteiger partial charge in [0.15, 0.2) is 6.29 Å². The zero-order chi connectivity index (χ0) is 14.2. The van der Waals surface area contributed by atoms with Gasteiger partial charge in [-0.25, -0.2) is 4.98 Å². The predicted molar refractivity (Wildman–Crippen MR) is 80.6 cm³/mol. The molecule has 0 bridgehead atoms. The van der Waals surface area contributed by atoms with E-state index >= 15 is 0 Å². The van der Waals surface area contributed by atoms with Crippen molar-refractivity contribution in [2.24, 2.45) is 0 Å². The second kappa shape index (κ2) is 4.87. The molecule has 106 valence electrons. The van der Waals surface area contributed by atoms with E-state index in [4.69, 9.17) is 20.2 Å². The molecule has 4 rings (SSSR count). The molecule has 1 fully saturated rings. The highest BCUT2D eigenvalue weighted by atomic mass is 16.7. The Morgan fingerprint density at radius 3 is 2.67 bits per heavy atom. The summed E-state index contributed by atoms with van der Waals surface area (Å²) in [6.07, 6.45) is -0.335. The summed E-state index contributed by atoms with van der Waals surface area (Å²) in [5, 5.41) is 0. The molecule has 3 N–H and O–H groups in total. The van der Waals surface area contributed by atoms with Crippen LogP contribution in [-0.2, 0) is 9.47 Å². The number of anilines is 1. The molecule has 0 radical (unpaired) electrons. The van der Waals surface area contributed by atoms with E-state index in [1.165, 1.54) is 0 Å². The fraction of sp³-hybridized carbons (Fsp3) is 0.188. The number of fused-ring (bicyclic) bond motifs is 1. The van der Waals surface area contributed by atoms with E-state index in [9.17, 15) is 0 Å². The Kier molecular flexibility index (Phi) is 2.87. The lowest BCUT2D eigenvalue weighted by atomic mass is 10.2. The summed E-state index contributed by atoms with van der Waals surface area (Å²) in [4.78, 5) is 8.01. The van der Waals surface area contributed by atoms with Crippen molar-refractivity contribution in [3.63, 3.8) is 0 Å². The van der Waals surface area contributed by atoms with Crippen LogP contribution in [0.15, 0.2) is 42.5 Å². The molecule has 1 aliphatic rings. The van der Waals surface area contributed by atoms with Gasteiger partial charge >= 0.3 is 0 Å². The highest BCUT2D eigenvalue weighted by molar-refractivity contribution is 5.84. The fourth-order valence-electron chi connectivity index (χ4n) is 2.62. The van der Waals surface area contributed by atoms with E-state index in [0.717, 1.165) is 28.0 Å². The summed E-state index contributed by atoms with van der Waals surface area (Å²) in [6.45, 7) is 1.23. The Labute approximate surface area is 121 Å². The molecule has 3 aromatic rings. The number of hydrogen-bond acceptors (Lipinski definition) is 4. The Morgan fingerprint density at radius 1 is 1.05 bits per heavy atom. The summed E-state index contributed by atoms with van der Waals surface area (Å²) in [6, 6.07) is 13.6. The van der Waals surface area contributed by atoms with Crippen LogP contribution in [0.4, 0.5) is 5.69 Å². The molecule has 0 spiro atoms. The molecule has 5 nitrogen and oxygen atoms in total. The van der Waals surface area contributed by atoms with E-state index in [1.54, 1.807) is 0 Å². The van der Waals surface area contributed by atoms with Crippen molar-refractivity contribution >= 4 is 16.7 Å². The maximum atomic E-state index is 6.03. The smallest absolute Gasteiger partial charge is 0.186 e. The number of aromatic nitrogens is 2. The highest BCUT2D eigenvalue weighted by Gasteiger charge is 2.22. The maximum absolute atomic E-state index is 6.03. The van der Waals surface area contributed by atoms with Crippen LogP contribution in [0, 0.1) is 0 Å². The number of H-pyrrole nitrogens is 1. The average Bonchev–Trinajstić information content (AvgIpc) is 3.16. The number of nitrogens with zero attached hydrogens (tertiary/aromatic N) is 1. The van der Waals surface area contributed by atoms with Gasteiger partial charge in [0, 0.05) is 16.8 Å². The average molecular weight is 281 g/mol. The van der Waals surface area contributed by atoms with Gasteiger partial charge in [-0.15, -0.1) is 0 Å². The summed E-state index contributed by atoms with van der Waals surface area (Å²) < 4.78 is 11.2. The third-order valence-corrected chi connectivity index (χ3v) is 3.64. The van der Waals surface area contributed by atoms with Gasteiger partial charge in [-0.05, 0) is 18.2 Å². The van der Waals surface area contributed by atoms with Crippen LogP contribution in [0.3, 0.4) is 0 Å². The van der Waals surface area contributed by atoms with Crippen LogP contribution in [0.2, 0.25) is 0 Å². The molecule has 0 unspecified atom stereocenters. The quantitative estimate of drug-likeness (QED) is 0.708. The van der Waals surface area contributed by atoms with Crippen molar-refractivity contribution in [3.05, 3.63) is 48.0 Å².